The standard InChI is InChI=1S/C15H15ClN2O3S/c1-9(12-6-7-13(16)22-12)18-15(20)10-2-4-11(5-3-10)21-8-14(17)19/h2-7,9H,8H2,1H3,(H2,17,19)(H,18,20). The number of nitrogens with two attached hydrogens (primary N) is 1. The van der Waals surface area contributed by atoms with Crippen molar-refractivity contribution in [1.29, 1.82) is 0 Å². The molecule has 116 valence electrons. The van der Waals surface area contributed by atoms with Gasteiger partial charge in [0.15, 0.2) is 6.61 Å². The highest BCUT2D eigenvalue weighted by Gasteiger charge is 2.13. The molecule has 5 nitrogen and oxygen atoms in total. The van der Waals surface area contributed by atoms with Gasteiger partial charge in [0, 0.05) is 10.4 Å². The van der Waals surface area contributed by atoms with E-state index in [0.29, 0.717) is 15.6 Å². The molecule has 0 fully saturated rings. The molecule has 22 heavy (non-hydrogen) atoms. The van der Waals surface area contributed by atoms with Gasteiger partial charge in [0.2, 0.25) is 0 Å². The van der Waals surface area contributed by atoms with Crippen LogP contribution in [-0.2, 0) is 4.79 Å². The van der Waals surface area contributed by atoms with Gasteiger partial charge in [-0.15, -0.1) is 11.3 Å². The van der Waals surface area contributed by atoms with E-state index in [9.17, 15) is 9.59 Å². The van der Waals surface area contributed by atoms with Crippen LogP contribution in [0.5, 0.6) is 5.75 Å². The first-order chi connectivity index (χ1) is 10.5. The Morgan fingerprint density at radius 3 is 2.50 bits per heavy atom. The Kier molecular flexibility index (Phi) is 5.41. The minimum atomic E-state index is -0.551. The molecule has 1 heterocycles. The lowest BCUT2D eigenvalue weighted by Crippen LogP contribution is -2.26. The predicted octanol–water partition coefficient (Wildman–Crippen LogP) is 2.76. The molecule has 1 aromatic carbocycles. The maximum atomic E-state index is 12.2. The first-order valence-electron chi connectivity index (χ1n) is 6.53. The summed E-state index contributed by atoms with van der Waals surface area (Å²) in [5.74, 6) is -0.267. The van der Waals surface area contributed by atoms with E-state index in [4.69, 9.17) is 22.1 Å². The summed E-state index contributed by atoms with van der Waals surface area (Å²) in [7, 11) is 0. The van der Waals surface area contributed by atoms with E-state index >= 15 is 0 Å². The van der Waals surface area contributed by atoms with Crippen LogP contribution >= 0.6 is 22.9 Å². The minimum absolute atomic E-state index is 0.129. The van der Waals surface area contributed by atoms with E-state index in [1.165, 1.54) is 11.3 Å². The van der Waals surface area contributed by atoms with Crippen molar-refractivity contribution in [2.45, 2.75) is 13.0 Å². The molecule has 2 aromatic rings. The quantitative estimate of drug-likeness (QED) is 0.849. The van der Waals surface area contributed by atoms with Gasteiger partial charge in [0.1, 0.15) is 5.75 Å². The fourth-order valence-electron chi connectivity index (χ4n) is 1.77. The van der Waals surface area contributed by atoms with Crippen LogP contribution in [-0.4, -0.2) is 18.4 Å². The molecule has 3 N–H and O–H groups in total. The number of hydrogen-bond acceptors (Lipinski definition) is 4. The van der Waals surface area contributed by atoms with E-state index < -0.39 is 5.91 Å². The highest BCUT2D eigenvalue weighted by molar-refractivity contribution is 7.16. The van der Waals surface area contributed by atoms with Crippen molar-refractivity contribution in [1.82, 2.24) is 5.32 Å². The summed E-state index contributed by atoms with van der Waals surface area (Å²) in [5.41, 5.74) is 5.49. The summed E-state index contributed by atoms with van der Waals surface area (Å²) < 4.78 is 5.82. The summed E-state index contributed by atoms with van der Waals surface area (Å²) in [4.78, 5) is 23.8. The second kappa shape index (κ2) is 7.29. The van der Waals surface area contributed by atoms with Gasteiger partial charge >= 0.3 is 0 Å². The highest BCUT2D eigenvalue weighted by atomic mass is 35.5. The third-order valence-electron chi connectivity index (χ3n) is 2.87. The number of thiophene rings is 1. The van der Waals surface area contributed by atoms with Crippen molar-refractivity contribution in [2.75, 3.05) is 6.61 Å². The third-order valence-corrected chi connectivity index (χ3v) is 4.28. The van der Waals surface area contributed by atoms with Gasteiger partial charge in [0.25, 0.3) is 11.8 Å². The number of halogens is 1. The smallest absolute Gasteiger partial charge is 0.255 e. The van der Waals surface area contributed by atoms with Gasteiger partial charge in [-0.25, -0.2) is 0 Å². The zero-order valence-corrected chi connectivity index (χ0v) is 13.4. The van der Waals surface area contributed by atoms with E-state index in [1.807, 2.05) is 13.0 Å². The van der Waals surface area contributed by atoms with Crippen molar-refractivity contribution in [2.24, 2.45) is 5.73 Å². The van der Waals surface area contributed by atoms with Crippen molar-refractivity contribution >= 4 is 34.8 Å². The first kappa shape index (κ1) is 16.3. The average Bonchev–Trinajstić information content (AvgIpc) is 2.92. The maximum Gasteiger partial charge on any atom is 0.255 e. The zero-order chi connectivity index (χ0) is 16.1. The molecule has 1 atom stereocenters. The predicted molar refractivity (Wildman–Crippen MR) is 86.3 cm³/mol. The Morgan fingerprint density at radius 1 is 1.27 bits per heavy atom. The highest BCUT2D eigenvalue weighted by Crippen LogP contribution is 2.26. The monoisotopic (exact) mass is 338 g/mol. The Morgan fingerprint density at radius 2 is 1.95 bits per heavy atom. The average molecular weight is 339 g/mol. The number of amides is 2. The molecule has 0 saturated carbocycles. The lowest BCUT2D eigenvalue weighted by molar-refractivity contribution is -0.119. The van der Waals surface area contributed by atoms with Gasteiger partial charge < -0.3 is 15.8 Å². The summed E-state index contributed by atoms with van der Waals surface area (Å²) in [6.45, 7) is 1.70. The lowest BCUT2D eigenvalue weighted by atomic mass is 10.2. The van der Waals surface area contributed by atoms with Crippen molar-refractivity contribution < 1.29 is 14.3 Å². The van der Waals surface area contributed by atoms with Crippen molar-refractivity contribution in [3.8, 4) is 5.75 Å². The fraction of sp³-hybridized carbons (Fsp3) is 0.200. The largest absolute Gasteiger partial charge is 0.484 e. The van der Waals surface area contributed by atoms with E-state index in [0.717, 1.165) is 4.88 Å². The van der Waals surface area contributed by atoms with E-state index in [1.54, 1.807) is 30.3 Å². The van der Waals surface area contributed by atoms with Crippen LogP contribution in [0.3, 0.4) is 0 Å². The second-order valence-electron chi connectivity index (χ2n) is 4.62. The molecule has 0 radical (unpaired) electrons. The van der Waals surface area contributed by atoms with Gasteiger partial charge in [-0.1, -0.05) is 11.6 Å². The lowest BCUT2D eigenvalue weighted by Gasteiger charge is -2.12. The zero-order valence-electron chi connectivity index (χ0n) is 11.8. The Hall–Kier alpha value is -2.05. The van der Waals surface area contributed by atoms with Crippen LogP contribution in [0.1, 0.15) is 28.2 Å². The number of ether oxygens (including phenoxy) is 1. The topological polar surface area (TPSA) is 81.4 Å². The van der Waals surface area contributed by atoms with Crippen LogP contribution in [0.25, 0.3) is 0 Å². The normalized spacial score (nSPS) is 11.7. The Balaban J connectivity index is 1.96. The summed E-state index contributed by atoms with van der Waals surface area (Å²) in [6.07, 6.45) is 0. The number of carbonyl (C=O) groups excluding carboxylic acids is 2. The van der Waals surface area contributed by atoms with Crippen LogP contribution in [0.4, 0.5) is 0 Å². The van der Waals surface area contributed by atoms with Gasteiger partial charge in [-0.05, 0) is 43.3 Å². The third kappa shape index (κ3) is 4.47. The number of nitrogens with one attached hydrogen (secondary N) is 1. The Bertz CT molecular complexity index is 670. The fourth-order valence-corrected chi connectivity index (χ4v) is 2.83. The molecule has 0 aliphatic carbocycles. The molecule has 7 heteroatoms. The molecule has 0 aliphatic rings. The van der Waals surface area contributed by atoms with E-state index in [-0.39, 0.29) is 18.6 Å². The van der Waals surface area contributed by atoms with Gasteiger partial charge in [0.05, 0.1) is 10.4 Å². The molecular weight excluding hydrogens is 324 g/mol. The number of hydrogen-bond donors (Lipinski definition) is 2. The Labute approximate surface area is 137 Å². The number of primary amides is 1. The number of rotatable bonds is 6. The molecule has 0 spiro atoms. The summed E-state index contributed by atoms with van der Waals surface area (Å²) in [6, 6.07) is 10.0. The van der Waals surface area contributed by atoms with Gasteiger partial charge in [-0.2, -0.15) is 0 Å². The van der Waals surface area contributed by atoms with Crippen LogP contribution in [0.15, 0.2) is 36.4 Å². The first-order valence-corrected chi connectivity index (χ1v) is 7.72. The summed E-state index contributed by atoms with van der Waals surface area (Å²) in [5, 5.41) is 2.89. The minimum Gasteiger partial charge on any atom is -0.484 e. The molecule has 1 unspecified atom stereocenters. The molecule has 2 amide bonds. The summed E-state index contributed by atoms with van der Waals surface area (Å²) >= 11 is 7.32. The molecule has 0 bridgehead atoms. The molecule has 1 aromatic heterocycles. The molecule has 0 saturated heterocycles. The van der Waals surface area contributed by atoms with Crippen LogP contribution in [0.2, 0.25) is 4.34 Å². The van der Waals surface area contributed by atoms with Crippen LogP contribution in [0, 0.1) is 0 Å². The van der Waals surface area contributed by atoms with Crippen molar-refractivity contribution in [3.63, 3.8) is 0 Å². The van der Waals surface area contributed by atoms with Crippen molar-refractivity contribution in [3.05, 3.63) is 51.2 Å². The number of benzene rings is 1. The molecular formula is C15H15ClN2O3S. The van der Waals surface area contributed by atoms with E-state index in [2.05, 4.69) is 5.32 Å². The second-order valence-corrected chi connectivity index (χ2v) is 6.36. The molecule has 2 rings (SSSR count). The molecule has 0 aliphatic heterocycles. The maximum absolute atomic E-state index is 12.2. The number of carbonyl (C=O) groups is 2. The van der Waals surface area contributed by atoms with Gasteiger partial charge in [-0.3, -0.25) is 9.59 Å². The van der Waals surface area contributed by atoms with Crippen LogP contribution < -0.4 is 15.8 Å². The SMILES string of the molecule is CC(NC(=O)c1ccc(OCC(N)=O)cc1)c1ccc(Cl)s1.